The molecule has 2 aromatic carbocycles. The molecule has 0 radical (unpaired) electrons. The Morgan fingerprint density at radius 1 is 0.868 bits per heavy atom. The van der Waals surface area contributed by atoms with Gasteiger partial charge >= 0.3 is 0 Å². The van der Waals surface area contributed by atoms with Crippen molar-refractivity contribution in [1.29, 1.82) is 0 Å². The molecule has 1 N–H and O–H groups in total. The summed E-state index contributed by atoms with van der Waals surface area (Å²) in [5.41, 5.74) is 4.05. The Morgan fingerprint density at radius 3 is 2.32 bits per heavy atom. The number of rotatable bonds is 6. The van der Waals surface area contributed by atoms with Crippen molar-refractivity contribution < 1.29 is 4.74 Å². The Kier molecular flexibility index (Phi) is 6.54. The summed E-state index contributed by atoms with van der Waals surface area (Å²) in [5, 5.41) is 4.72. The van der Waals surface area contributed by atoms with Crippen LogP contribution in [0, 0.1) is 6.92 Å². The van der Waals surface area contributed by atoms with Crippen LogP contribution < -0.4 is 15.0 Å². The standard InChI is InChI=1S/C30H24ClN5OS/c1-20-7-12-23(13-8-20)37-24-14-10-22(11-15-24)36-29(28(34-30(36)38)25-5-2-3-17-32-25)26-6-4-18-35(26)27-16-9-21(31)19-33-27/h2-19,28-29H,1H3,(H,34,38)/t28-,29+/m1/s1. The first kappa shape index (κ1) is 24.2. The number of hydrogen-bond acceptors (Lipinski definition) is 4. The molecule has 8 heteroatoms. The maximum atomic E-state index is 6.11. The Labute approximate surface area is 231 Å². The molecule has 6 nitrogen and oxygen atoms in total. The number of nitrogens with one attached hydrogen (secondary N) is 1. The molecular formula is C30H24ClN5OS. The normalized spacial score (nSPS) is 16.9. The molecule has 0 saturated carbocycles. The Hall–Kier alpha value is -4.20. The van der Waals surface area contributed by atoms with Crippen molar-refractivity contribution in [1.82, 2.24) is 19.9 Å². The molecule has 2 atom stereocenters. The summed E-state index contributed by atoms with van der Waals surface area (Å²) < 4.78 is 8.12. The number of aryl methyl sites for hydroxylation is 1. The third kappa shape index (κ3) is 4.74. The molecule has 0 bridgehead atoms. The first-order valence-corrected chi connectivity index (χ1v) is 13.0. The van der Waals surface area contributed by atoms with E-state index in [1.807, 2.05) is 91.1 Å². The maximum absolute atomic E-state index is 6.11. The van der Waals surface area contributed by atoms with Gasteiger partial charge in [-0.25, -0.2) is 4.98 Å². The third-order valence-electron chi connectivity index (χ3n) is 6.51. The number of thiocarbonyl (C=S) groups is 1. The fraction of sp³-hybridized carbons (Fsp3) is 0.100. The van der Waals surface area contributed by atoms with Gasteiger partial charge in [-0.05, 0) is 91.9 Å². The Morgan fingerprint density at radius 2 is 1.63 bits per heavy atom. The van der Waals surface area contributed by atoms with E-state index >= 15 is 0 Å². The van der Waals surface area contributed by atoms with Gasteiger partial charge in [-0.2, -0.15) is 0 Å². The summed E-state index contributed by atoms with van der Waals surface area (Å²) in [7, 11) is 0. The average Bonchev–Trinajstić information content (AvgIpc) is 3.56. The molecular weight excluding hydrogens is 514 g/mol. The molecule has 5 aromatic rings. The highest BCUT2D eigenvalue weighted by molar-refractivity contribution is 7.80. The summed E-state index contributed by atoms with van der Waals surface area (Å²) in [6.07, 6.45) is 5.45. The van der Waals surface area contributed by atoms with E-state index in [4.69, 9.17) is 28.6 Å². The predicted octanol–water partition coefficient (Wildman–Crippen LogP) is 7.20. The Balaban J connectivity index is 1.38. The summed E-state index contributed by atoms with van der Waals surface area (Å²) in [4.78, 5) is 11.3. The number of ether oxygens (including phenoxy) is 1. The monoisotopic (exact) mass is 537 g/mol. The second-order valence-electron chi connectivity index (χ2n) is 9.04. The van der Waals surface area contributed by atoms with E-state index < -0.39 is 0 Å². The second kappa shape index (κ2) is 10.3. The topological polar surface area (TPSA) is 55.2 Å². The number of pyridine rings is 2. The lowest BCUT2D eigenvalue weighted by atomic mass is 10.0. The van der Waals surface area contributed by atoms with Crippen LogP contribution in [0.2, 0.25) is 5.02 Å². The van der Waals surface area contributed by atoms with Gasteiger partial charge in [0.1, 0.15) is 23.4 Å². The number of anilines is 1. The van der Waals surface area contributed by atoms with Crippen molar-refractivity contribution in [3.8, 4) is 17.3 Å². The lowest BCUT2D eigenvalue weighted by Crippen LogP contribution is -2.30. The smallest absolute Gasteiger partial charge is 0.174 e. The first-order chi connectivity index (χ1) is 18.6. The van der Waals surface area contributed by atoms with Crippen molar-refractivity contribution in [2.45, 2.75) is 19.0 Å². The minimum absolute atomic E-state index is 0.173. The highest BCUT2D eigenvalue weighted by atomic mass is 35.5. The van der Waals surface area contributed by atoms with Gasteiger partial charge in [0.25, 0.3) is 0 Å². The van der Waals surface area contributed by atoms with Crippen molar-refractivity contribution in [3.05, 3.63) is 132 Å². The van der Waals surface area contributed by atoms with Crippen molar-refractivity contribution in [2.24, 2.45) is 0 Å². The van der Waals surface area contributed by atoms with Crippen LogP contribution in [0.3, 0.4) is 0 Å². The highest BCUT2D eigenvalue weighted by Crippen LogP contribution is 2.42. The molecule has 1 aliphatic heterocycles. The fourth-order valence-electron chi connectivity index (χ4n) is 4.70. The van der Waals surface area contributed by atoms with Gasteiger partial charge in [-0.3, -0.25) is 4.98 Å². The van der Waals surface area contributed by atoms with Gasteiger partial charge < -0.3 is 19.5 Å². The quantitative estimate of drug-likeness (QED) is 0.231. The van der Waals surface area contributed by atoms with Crippen molar-refractivity contribution in [2.75, 3.05) is 4.90 Å². The van der Waals surface area contributed by atoms with E-state index in [1.165, 1.54) is 5.56 Å². The van der Waals surface area contributed by atoms with Crippen LogP contribution in [0.25, 0.3) is 5.82 Å². The molecule has 0 spiro atoms. The molecule has 0 aliphatic carbocycles. The molecule has 38 heavy (non-hydrogen) atoms. The average molecular weight is 538 g/mol. The van der Waals surface area contributed by atoms with Gasteiger partial charge in [0, 0.05) is 30.0 Å². The van der Waals surface area contributed by atoms with E-state index in [0.29, 0.717) is 10.1 Å². The van der Waals surface area contributed by atoms with Gasteiger partial charge in [0.05, 0.1) is 16.8 Å². The molecule has 1 aliphatic rings. The Bertz CT molecular complexity index is 1550. The molecule has 0 unspecified atom stereocenters. The fourth-order valence-corrected chi connectivity index (χ4v) is 5.16. The van der Waals surface area contributed by atoms with E-state index in [2.05, 4.69) is 37.7 Å². The van der Waals surface area contributed by atoms with Crippen LogP contribution >= 0.6 is 23.8 Å². The summed E-state index contributed by atoms with van der Waals surface area (Å²) in [6.45, 7) is 2.06. The van der Waals surface area contributed by atoms with Gasteiger partial charge in [0.2, 0.25) is 0 Å². The number of nitrogens with zero attached hydrogens (tertiary/aromatic N) is 4. The van der Waals surface area contributed by atoms with Gasteiger partial charge in [-0.1, -0.05) is 35.4 Å². The number of hydrogen-bond donors (Lipinski definition) is 1. The zero-order valence-corrected chi connectivity index (χ0v) is 22.1. The van der Waals surface area contributed by atoms with E-state index in [-0.39, 0.29) is 12.1 Å². The van der Waals surface area contributed by atoms with E-state index in [1.54, 1.807) is 12.4 Å². The largest absolute Gasteiger partial charge is 0.457 e. The van der Waals surface area contributed by atoms with Crippen LogP contribution in [-0.4, -0.2) is 19.6 Å². The summed E-state index contributed by atoms with van der Waals surface area (Å²) >= 11 is 12.0. The van der Waals surface area contributed by atoms with Crippen LogP contribution in [0.5, 0.6) is 11.5 Å². The zero-order chi connectivity index (χ0) is 26.1. The maximum Gasteiger partial charge on any atom is 0.174 e. The summed E-state index contributed by atoms with van der Waals surface area (Å²) in [5.74, 6) is 2.32. The van der Waals surface area contributed by atoms with Crippen LogP contribution in [0.4, 0.5) is 5.69 Å². The zero-order valence-electron chi connectivity index (χ0n) is 20.5. The molecule has 4 heterocycles. The number of benzene rings is 2. The van der Waals surface area contributed by atoms with Crippen molar-refractivity contribution in [3.63, 3.8) is 0 Å². The van der Waals surface area contributed by atoms with Crippen LogP contribution in [0.15, 0.2) is 110 Å². The summed E-state index contributed by atoms with van der Waals surface area (Å²) in [6, 6.07) is 29.4. The SMILES string of the molecule is Cc1ccc(Oc2ccc(N3C(=S)N[C@H](c4ccccn4)[C@@H]3c3cccn3-c3ccc(Cl)cn3)cc2)cc1. The minimum Gasteiger partial charge on any atom is -0.457 e. The third-order valence-corrected chi connectivity index (χ3v) is 7.05. The molecule has 188 valence electrons. The minimum atomic E-state index is -0.186. The molecule has 3 aromatic heterocycles. The second-order valence-corrected chi connectivity index (χ2v) is 9.87. The van der Waals surface area contributed by atoms with Gasteiger partial charge in [0.15, 0.2) is 5.11 Å². The van der Waals surface area contributed by atoms with Crippen LogP contribution in [0.1, 0.15) is 29.0 Å². The van der Waals surface area contributed by atoms with E-state index in [0.717, 1.165) is 34.4 Å². The highest BCUT2D eigenvalue weighted by Gasteiger charge is 2.42. The lowest BCUT2D eigenvalue weighted by Gasteiger charge is -2.29. The first-order valence-electron chi connectivity index (χ1n) is 12.2. The number of halogens is 1. The van der Waals surface area contributed by atoms with Crippen molar-refractivity contribution >= 4 is 34.6 Å². The number of aromatic nitrogens is 3. The molecule has 0 amide bonds. The van der Waals surface area contributed by atoms with Crippen LogP contribution in [-0.2, 0) is 0 Å². The molecule has 1 saturated heterocycles. The molecule has 1 fully saturated rings. The predicted molar refractivity (Wildman–Crippen MR) is 154 cm³/mol. The molecule has 6 rings (SSSR count). The van der Waals surface area contributed by atoms with Gasteiger partial charge in [-0.15, -0.1) is 0 Å². The lowest BCUT2D eigenvalue weighted by molar-refractivity contribution is 0.482. The van der Waals surface area contributed by atoms with E-state index in [9.17, 15) is 0 Å².